The van der Waals surface area contributed by atoms with Crippen molar-refractivity contribution in [1.82, 2.24) is 0 Å². The fourth-order valence-electron chi connectivity index (χ4n) is 3.91. The largest absolute Gasteiger partial charge is 0.420 e. The molecule has 3 rings (SSSR count). The van der Waals surface area contributed by atoms with E-state index in [4.69, 9.17) is 13.9 Å². The first-order valence-corrected chi connectivity index (χ1v) is 11.0. The highest BCUT2D eigenvalue weighted by Crippen LogP contribution is 2.51. The van der Waals surface area contributed by atoms with Gasteiger partial charge in [-0.05, 0) is 57.5 Å². The van der Waals surface area contributed by atoms with E-state index in [0.29, 0.717) is 6.10 Å². The SMILES string of the molecule is C[SiH](C)OCC12C=CCC1CC(OC1CCCCO1)C2. The van der Waals surface area contributed by atoms with Crippen molar-refractivity contribution < 1.29 is 13.9 Å². The Hall–Kier alpha value is -0.163. The average Bonchev–Trinajstić information content (AvgIpc) is 2.94. The fraction of sp³-hybridized carbons (Fsp3) is 0.875. The highest BCUT2D eigenvalue weighted by molar-refractivity contribution is 6.48. The molecule has 0 N–H and O–H groups in total. The summed E-state index contributed by atoms with van der Waals surface area (Å²) in [6, 6.07) is 0. The third kappa shape index (κ3) is 3.19. The van der Waals surface area contributed by atoms with Crippen molar-refractivity contribution in [2.45, 2.75) is 64.0 Å². The fourth-order valence-corrected chi connectivity index (χ4v) is 4.56. The molecular formula is C16H28O3Si. The zero-order valence-corrected chi connectivity index (χ0v) is 14.0. The molecule has 2 aliphatic carbocycles. The lowest BCUT2D eigenvalue weighted by Crippen LogP contribution is -2.30. The minimum Gasteiger partial charge on any atom is -0.420 e. The molecule has 2 fully saturated rings. The molecule has 4 unspecified atom stereocenters. The van der Waals surface area contributed by atoms with E-state index in [1.807, 2.05) is 0 Å². The second kappa shape index (κ2) is 6.30. The van der Waals surface area contributed by atoms with E-state index in [2.05, 4.69) is 25.2 Å². The second-order valence-corrected chi connectivity index (χ2v) is 9.35. The number of rotatable bonds is 5. The number of fused-ring (bicyclic) bond motifs is 1. The number of hydrogen-bond acceptors (Lipinski definition) is 3. The summed E-state index contributed by atoms with van der Waals surface area (Å²) in [7, 11) is -0.940. The molecule has 1 saturated carbocycles. The summed E-state index contributed by atoms with van der Waals surface area (Å²) < 4.78 is 18.0. The van der Waals surface area contributed by atoms with Crippen molar-refractivity contribution in [3.63, 3.8) is 0 Å². The zero-order chi connectivity index (χ0) is 14.0. The Labute approximate surface area is 124 Å². The molecule has 0 bridgehead atoms. The quantitative estimate of drug-likeness (QED) is 0.576. The van der Waals surface area contributed by atoms with Crippen molar-refractivity contribution in [3.05, 3.63) is 12.2 Å². The van der Waals surface area contributed by atoms with E-state index < -0.39 is 9.04 Å². The molecule has 0 amide bonds. The van der Waals surface area contributed by atoms with E-state index in [-0.39, 0.29) is 11.7 Å². The van der Waals surface area contributed by atoms with Gasteiger partial charge in [-0.25, -0.2) is 0 Å². The van der Waals surface area contributed by atoms with Gasteiger partial charge in [-0.15, -0.1) is 0 Å². The van der Waals surface area contributed by atoms with Crippen molar-refractivity contribution >= 4 is 9.04 Å². The van der Waals surface area contributed by atoms with Crippen LogP contribution < -0.4 is 0 Å². The van der Waals surface area contributed by atoms with Gasteiger partial charge >= 0.3 is 0 Å². The summed E-state index contributed by atoms with van der Waals surface area (Å²) in [5, 5.41) is 0. The molecule has 1 heterocycles. The van der Waals surface area contributed by atoms with Crippen LogP contribution in [0.15, 0.2) is 12.2 Å². The smallest absolute Gasteiger partial charge is 0.170 e. The van der Waals surface area contributed by atoms with E-state index in [9.17, 15) is 0 Å². The standard InChI is InChI=1S/C16H28O3Si/c1-20(2)18-12-16-8-5-6-13(16)10-14(11-16)19-15-7-3-4-9-17-15/h5,8,13-15,20H,3-4,6-7,9-12H2,1-2H3. The van der Waals surface area contributed by atoms with Gasteiger partial charge in [0.05, 0.1) is 6.10 Å². The third-order valence-corrected chi connectivity index (χ3v) is 5.84. The molecule has 0 aromatic carbocycles. The number of ether oxygens (including phenoxy) is 2. The van der Waals surface area contributed by atoms with Crippen LogP contribution in [-0.2, 0) is 13.9 Å². The second-order valence-electron chi connectivity index (χ2n) is 6.92. The minimum atomic E-state index is -0.940. The van der Waals surface area contributed by atoms with Crippen LogP contribution in [0.25, 0.3) is 0 Å². The maximum atomic E-state index is 6.22. The molecule has 3 nitrogen and oxygen atoms in total. The third-order valence-electron chi connectivity index (χ3n) is 5.01. The van der Waals surface area contributed by atoms with Crippen LogP contribution in [0.3, 0.4) is 0 Å². The first-order valence-electron chi connectivity index (χ1n) is 8.24. The zero-order valence-electron chi connectivity index (χ0n) is 12.8. The molecule has 0 aromatic heterocycles. The average molecular weight is 296 g/mol. The Balaban J connectivity index is 1.56. The predicted molar refractivity (Wildman–Crippen MR) is 82.2 cm³/mol. The lowest BCUT2D eigenvalue weighted by atomic mass is 9.82. The summed E-state index contributed by atoms with van der Waals surface area (Å²) in [5.41, 5.74) is 0.261. The first-order chi connectivity index (χ1) is 9.68. The Morgan fingerprint density at radius 3 is 3.00 bits per heavy atom. The summed E-state index contributed by atoms with van der Waals surface area (Å²) >= 11 is 0. The summed E-state index contributed by atoms with van der Waals surface area (Å²) in [4.78, 5) is 0. The molecule has 0 spiro atoms. The van der Waals surface area contributed by atoms with Crippen LogP contribution in [0.1, 0.15) is 38.5 Å². The molecule has 1 saturated heterocycles. The predicted octanol–water partition coefficient (Wildman–Crippen LogP) is 3.25. The monoisotopic (exact) mass is 296 g/mol. The van der Waals surface area contributed by atoms with Gasteiger partial charge in [0, 0.05) is 18.6 Å². The maximum absolute atomic E-state index is 6.22. The van der Waals surface area contributed by atoms with Gasteiger partial charge in [-0.3, -0.25) is 0 Å². The normalized spacial score (nSPS) is 40.5. The molecule has 4 heteroatoms. The van der Waals surface area contributed by atoms with Crippen LogP contribution in [0.4, 0.5) is 0 Å². The summed E-state index contributed by atoms with van der Waals surface area (Å²) in [6.07, 6.45) is 12.2. The Morgan fingerprint density at radius 1 is 1.35 bits per heavy atom. The topological polar surface area (TPSA) is 27.7 Å². The molecule has 20 heavy (non-hydrogen) atoms. The first kappa shape index (κ1) is 14.8. The lowest BCUT2D eigenvalue weighted by molar-refractivity contribution is -0.187. The lowest BCUT2D eigenvalue weighted by Gasteiger charge is -2.29. The van der Waals surface area contributed by atoms with Gasteiger partial charge in [0.15, 0.2) is 15.3 Å². The molecule has 1 aliphatic heterocycles. The van der Waals surface area contributed by atoms with Crippen LogP contribution in [0.5, 0.6) is 0 Å². The van der Waals surface area contributed by atoms with E-state index in [0.717, 1.165) is 32.0 Å². The maximum Gasteiger partial charge on any atom is 0.170 e. The number of hydrogen-bond donors (Lipinski definition) is 0. The van der Waals surface area contributed by atoms with Gasteiger partial charge < -0.3 is 13.9 Å². The van der Waals surface area contributed by atoms with E-state index in [1.165, 1.54) is 25.7 Å². The molecule has 114 valence electrons. The van der Waals surface area contributed by atoms with Gasteiger partial charge in [0.25, 0.3) is 0 Å². The Bertz CT molecular complexity index is 352. The van der Waals surface area contributed by atoms with Gasteiger partial charge in [-0.1, -0.05) is 12.2 Å². The summed E-state index contributed by atoms with van der Waals surface area (Å²) in [6.45, 7) is 6.28. The van der Waals surface area contributed by atoms with Gasteiger partial charge in [-0.2, -0.15) is 0 Å². The van der Waals surface area contributed by atoms with Gasteiger partial charge in [0.1, 0.15) is 0 Å². The highest BCUT2D eigenvalue weighted by Gasteiger charge is 2.48. The molecular weight excluding hydrogens is 268 g/mol. The van der Waals surface area contributed by atoms with Crippen LogP contribution in [0, 0.1) is 11.3 Å². The van der Waals surface area contributed by atoms with Crippen molar-refractivity contribution in [2.75, 3.05) is 13.2 Å². The van der Waals surface area contributed by atoms with Crippen LogP contribution in [0.2, 0.25) is 13.1 Å². The minimum absolute atomic E-state index is 0.0500. The summed E-state index contributed by atoms with van der Waals surface area (Å²) in [5.74, 6) is 0.726. The highest BCUT2D eigenvalue weighted by atomic mass is 28.3. The molecule has 4 atom stereocenters. The van der Waals surface area contributed by atoms with E-state index >= 15 is 0 Å². The molecule has 0 radical (unpaired) electrons. The molecule has 3 aliphatic rings. The Kier molecular flexibility index (Phi) is 4.65. The van der Waals surface area contributed by atoms with E-state index in [1.54, 1.807) is 0 Å². The molecule has 0 aromatic rings. The Morgan fingerprint density at radius 2 is 2.25 bits per heavy atom. The van der Waals surface area contributed by atoms with Gasteiger partial charge in [0.2, 0.25) is 0 Å². The number of allylic oxidation sites excluding steroid dienone is 1. The van der Waals surface area contributed by atoms with Crippen LogP contribution >= 0.6 is 0 Å². The van der Waals surface area contributed by atoms with Crippen molar-refractivity contribution in [1.29, 1.82) is 0 Å². The van der Waals surface area contributed by atoms with Crippen molar-refractivity contribution in [2.24, 2.45) is 11.3 Å². The van der Waals surface area contributed by atoms with Crippen LogP contribution in [-0.4, -0.2) is 34.6 Å². The van der Waals surface area contributed by atoms with Crippen molar-refractivity contribution in [3.8, 4) is 0 Å².